The zero-order chi connectivity index (χ0) is 20.3. The zero-order valence-electron chi connectivity index (χ0n) is 16.4. The van der Waals surface area contributed by atoms with Gasteiger partial charge in [0, 0.05) is 42.4 Å². The zero-order valence-corrected chi connectivity index (χ0v) is 17.9. The Bertz CT molecular complexity index is 864. The van der Waals surface area contributed by atoms with Crippen LogP contribution in [0, 0.1) is 0 Å². The molecule has 0 N–H and O–H groups in total. The Hall–Kier alpha value is -1.98. The van der Waals surface area contributed by atoms with Crippen LogP contribution in [0.4, 0.5) is 0 Å². The predicted molar refractivity (Wildman–Crippen MR) is 118 cm³/mol. The average Bonchev–Trinajstić information content (AvgIpc) is 3.16. The summed E-state index contributed by atoms with van der Waals surface area (Å²) in [6, 6.07) is 17.2. The maximum Gasteiger partial charge on any atom is 0.253 e. The van der Waals surface area contributed by atoms with Crippen molar-refractivity contribution in [1.29, 1.82) is 0 Å². The highest BCUT2D eigenvalue weighted by atomic mass is 35.5. The third-order valence-corrected chi connectivity index (χ3v) is 7.68. The maximum absolute atomic E-state index is 13.0. The Morgan fingerprint density at radius 2 is 1.66 bits per heavy atom. The number of hydrogen-bond acceptors (Lipinski definition) is 3. The molecule has 2 saturated heterocycles. The van der Waals surface area contributed by atoms with Crippen LogP contribution < -0.4 is 0 Å². The third-order valence-electron chi connectivity index (χ3n) is 5.87. The Morgan fingerprint density at radius 1 is 0.966 bits per heavy atom. The largest absolute Gasteiger partial charge is 0.338 e. The summed E-state index contributed by atoms with van der Waals surface area (Å²) >= 11 is 7.81. The second-order valence-electron chi connectivity index (χ2n) is 7.62. The summed E-state index contributed by atoms with van der Waals surface area (Å²) in [4.78, 5) is 29.6. The van der Waals surface area contributed by atoms with E-state index in [9.17, 15) is 9.59 Å². The van der Waals surface area contributed by atoms with Crippen molar-refractivity contribution in [3.8, 4) is 0 Å². The number of carbonyl (C=O) groups excluding carboxylic acids is 2. The summed E-state index contributed by atoms with van der Waals surface area (Å²) in [5.41, 5.74) is 1.87. The molecule has 4 nitrogen and oxygen atoms in total. The number of aryl methyl sites for hydroxylation is 1. The molecule has 2 aliphatic rings. The van der Waals surface area contributed by atoms with E-state index in [4.69, 9.17) is 11.6 Å². The first-order valence-corrected chi connectivity index (χ1v) is 11.5. The van der Waals surface area contributed by atoms with Gasteiger partial charge < -0.3 is 9.80 Å². The smallest absolute Gasteiger partial charge is 0.253 e. The van der Waals surface area contributed by atoms with Crippen molar-refractivity contribution in [2.24, 2.45) is 0 Å². The van der Waals surface area contributed by atoms with Gasteiger partial charge in [-0.1, -0.05) is 41.9 Å². The average molecular weight is 429 g/mol. The van der Waals surface area contributed by atoms with E-state index in [1.54, 1.807) is 24.3 Å². The van der Waals surface area contributed by atoms with Crippen LogP contribution in [0.1, 0.15) is 35.2 Å². The van der Waals surface area contributed by atoms with Gasteiger partial charge in [-0.2, -0.15) is 0 Å². The molecule has 2 aromatic carbocycles. The number of rotatable bonds is 4. The summed E-state index contributed by atoms with van der Waals surface area (Å²) in [6.45, 7) is 2.16. The molecule has 0 aliphatic carbocycles. The molecule has 2 aliphatic heterocycles. The summed E-state index contributed by atoms with van der Waals surface area (Å²) in [7, 11) is 0. The molecule has 4 rings (SSSR count). The summed E-state index contributed by atoms with van der Waals surface area (Å²) < 4.78 is 0. The van der Waals surface area contributed by atoms with E-state index in [1.807, 2.05) is 34.9 Å². The molecule has 2 fully saturated rings. The lowest BCUT2D eigenvalue weighted by atomic mass is 10.00. The number of thioether (sulfide) groups is 1. The lowest BCUT2D eigenvalue weighted by molar-refractivity contribution is -0.134. The molecule has 0 bridgehead atoms. The van der Waals surface area contributed by atoms with Crippen LogP contribution in [0.2, 0.25) is 5.02 Å². The van der Waals surface area contributed by atoms with E-state index in [1.165, 1.54) is 5.56 Å². The van der Waals surface area contributed by atoms with Gasteiger partial charge in [-0.15, -0.1) is 11.8 Å². The molecule has 2 aromatic rings. The van der Waals surface area contributed by atoms with E-state index < -0.39 is 0 Å². The predicted octanol–water partition coefficient (Wildman–Crippen LogP) is 4.48. The van der Waals surface area contributed by atoms with Gasteiger partial charge in [-0.3, -0.25) is 9.59 Å². The van der Waals surface area contributed by atoms with Crippen LogP contribution in [0.15, 0.2) is 54.6 Å². The summed E-state index contributed by atoms with van der Waals surface area (Å²) in [5, 5.41) is 0.631. The minimum Gasteiger partial charge on any atom is -0.338 e. The van der Waals surface area contributed by atoms with Crippen LogP contribution in [-0.2, 0) is 11.2 Å². The van der Waals surface area contributed by atoms with Crippen molar-refractivity contribution >= 4 is 35.2 Å². The molecule has 0 unspecified atom stereocenters. The molecule has 152 valence electrons. The minimum absolute atomic E-state index is 0.0430. The van der Waals surface area contributed by atoms with Crippen molar-refractivity contribution in [3.05, 3.63) is 70.7 Å². The van der Waals surface area contributed by atoms with Crippen LogP contribution in [0.5, 0.6) is 0 Å². The minimum atomic E-state index is -0.148. The molecule has 1 spiro atoms. The fraction of sp³-hybridized carbons (Fsp3) is 0.391. The molecule has 29 heavy (non-hydrogen) atoms. The van der Waals surface area contributed by atoms with E-state index in [2.05, 4.69) is 17.0 Å². The number of benzene rings is 2. The van der Waals surface area contributed by atoms with Crippen molar-refractivity contribution in [2.45, 2.75) is 30.6 Å². The van der Waals surface area contributed by atoms with E-state index in [0.717, 1.165) is 31.6 Å². The molecule has 6 heteroatoms. The Labute approximate surface area is 181 Å². The van der Waals surface area contributed by atoms with Crippen molar-refractivity contribution in [1.82, 2.24) is 9.80 Å². The van der Waals surface area contributed by atoms with Gasteiger partial charge in [0.25, 0.3) is 5.91 Å². The molecule has 2 amide bonds. The van der Waals surface area contributed by atoms with Crippen LogP contribution in [0.25, 0.3) is 0 Å². The number of amides is 2. The van der Waals surface area contributed by atoms with Gasteiger partial charge in [0.2, 0.25) is 5.91 Å². The monoisotopic (exact) mass is 428 g/mol. The lowest BCUT2D eigenvalue weighted by Crippen LogP contribution is -2.53. The van der Waals surface area contributed by atoms with Gasteiger partial charge in [0.1, 0.15) is 0 Å². The van der Waals surface area contributed by atoms with Gasteiger partial charge in [-0.25, -0.2) is 0 Å². The second-order valence-corrected chi connectivity index (χ2v) is 9.52. The highest BCUT2D eigenvalue weighted by molar-refractivity contribution is 8.00. The standard InChI is InChI=1S/C23H25ClN2O2S/c24-20-9-7-19(8-10-20)22(28)25-14-12-23(13-15-25)26(16-17-29-23)21(27)11-6-18-4-2-1-3-5-18/h1-5,7-10H,6,11-17H2. The van der Waals surface area contributed by atoms with Gasteiger partial charge in [0.15, 0.2) is 0 Å². The van der Waals surface area contributed by atoms with Gasteiger partial charge in [0.05, 0.1) is 4.87 Å². The lowest BCUT2D eigenvalue weighted by Gasteiger charge is -2.44. The molecule has 0 aromatic heterocycles. The summed E-state index contributed by atoms with van der Waals surface area (Å²) in [6.07, 6.45) is 2.97. The quantitative estimate of drug-likeness (QED) is 0.720. The molecular formula is C23H25ClN2O2S. The topological polar surface area (TPSA) is 40.6 Å². The molecule has 0 radical (unpaired) electrons. The first-order chi connectivity index (χ1) is 14.1. The van der Waals surface area contributed by atoms with Crippen molar-refractivity contribution in [2.75, 3.05) is 25.4 Å². The van der Waals surface area contributed by atoms with Crippen LogP contribution in [0.3, 0.4) is 0 Å². The van der Waals surface area contributed by atoms with Crippen molar-refractivity contribution in [3.63, 3.8) is 0 Å². The Morgan fingerprint density at radius 3 is 2.34 bits per heavy atom. The third kappa shape index (κ3) is 4.46. The number of nitrogens with zero attached hydrogens (tertiary/aromatic N) is 2. The van der Waals surface area contributed by atoms with Gasteiger partial charge >= 0.3 is 0 Å². The Kier molecular flexibility index (Phi) is 6.16. The highest BCUT2D eigenvalue weighted by Gasteiger charge is 2.46. The molecular weight excluding hydrogens is 404 g/mol. The first kappa shape index (κ1) is 20.3. The van der Waals surface area contributed by atoms with E-state index in [-0.39, 0.29) is 16.7 Å². The van der Waals surface area contributed by atoms with Crippen LogP contribution >= 0.6 is 23.4 Å². The number of piperidine rings is 1. The number of halogens is 1. The second kappa shape index (κ2) is 8.80. The van der Waals surface area contributed by atoms with E-state index >= 15 is 0 Å². The van der Waals surface area contributed by atoms with Gasteiger partial charge in [-0.05, 0) is 49.1 Å². The fourth-order valence-electron chi connectivity index (χ4n) is 4.24. The molecule has 2 heterocycles. The van der Waals surface area contributed by atoms with Crippen molar-refractivity contribution < 1.29 is 9.59 Å². The Balaban J connectivity index is 1.36. The normalized spacial score (nSPS) is 18.2. The number of likely N-dealkylation sites (tertiary alicyclic amines) is 1. The fourth-order valence-corrected chi connectivity index (χ4v) is 5.84. The SMILES string of the molecule is O=C(c1ccc(Cl)cc1)N1CCC2(CC1)SCCN2C(=O)CCc1ccccc1. The van der Waals surface area contributed by atoms with Crippen LogP contribution in [-0.4, -0.2) is 51.9 Å². The molecule has 0 atom stereocenters. The van der Waals surface area contributed by atoms with E-state index in [0.29, 0.717) is 30.1 Å². The number of hydrogen-bond donors (Lipinski definition) is 0. The summed E-state index contributed by atoms with van der Waals surface area (Å²) in [5.74, 6) is 1.25. The first-order valence-electron chi connectivity index (χ1n) is 10.1. The highest BCUT2D eigenvalue weighted by Crippen LogP contribution is 2.44. The maximum atomic E-state index is 13.0. The molecule has 0 saturated carbocycles. The number of carbonyl (C=O) groups is 2.